The van der Waals surface area contributed by atoms with Gasteiger partial charge in [0, 0.05) is 36.7 Å². The second-order valence-corrected chi connectivity index (χ2v) is 8.19. The van der Waals surface area contributed by atoms with Crippen LogP contribution in [0.4, 0.5) is 5.82 Å². The molecule has 0 aliphatic carbocycles. The summed E-state index contributed by atoms with van der Waals surface area (Å²) in [7, 11) is 1.59. The third-order valence-electron chi connectivity index (χ3n) is 5.18. The number of rotatable bonds is 6. The number of benzene rings is 1. The number of thiophene rings is 1. The monoisotopic (exact) mass is 440 g/mol. The van der Waals surface area contributed by atoms with Crippen LogP contribution in [0, 0.1) is 0 Å². The number of carbonyl (C=O) groups excluding carboxylic acids is 2. The zero-order valence-corrected chi connectivity index (χ0v) is 18.0. The minimum Gasteiger partial charge on any atom is -0.383 e. The number of nitrogen functional groups attached to an aromatic ring is 1. The van der Waals surface area contributed by atoms with Crippen LogP contribution in [0.15, 0.2) is 42.6 Å². The molecule has 1 aromatic carbocycles. The zero-order valence-electron chi connectivity index (χ0n) is 17.2. The Morgan fingerprint density at radius 1 is 1.32 bits per heavy atom. The van der Waals surface area contributed by atoms with Crippen molar-refractivity contribution in [3.05, 3.63) is 58.6 Å². The summed E-state index contributed by atoms with van der Waals surface area (Å²) in [6.07, 6.45) is 1.13. The molecule has 3 N–H and O–H groups in total. The molecule has 1 aliphatic rings. The van der Waals surface area contributed by atoms with E-state index >= 15 is 0 Å². The number of ether oxygens (including phenoxy) is 2. The van der Waals surface area contributed by atoms with E-state index in [1.165, 1.54) is 11.3 Å². The van der Waals surface area contributed by atoms with Crippen molar-refractivity contribution in [1.82, 2.24) is 15.2 Å². The lowest BCUT2D eigenvalue weighted by atomic mass is 10.0. The maximum atomic E-state index is 13.1. The van der Waals surface area contributed by atoms with Crippen molar-refractivity contribution in [2.75, 3.05) is 45.7 Å². The van der Waals surface area contributed by atoms with Crippen LogP contribution in [0.1, 0.15) is 31.7 Å². The number of anilines is 1. The zero-order chi connectivity index (χ0) is 21.8. The van der Waals surface area contributed by atoms with Crippen molar-refractivity contribution in [3.63, 3.8) is 0 Å². The number of hydrogen-bond acceptors (Lipinski definition) is 7. The lowest BCUT2D eigenvalue weighted by Crippen LogP contribution is -2.43. The molecular formula is C22H24N4O4S. The second-order valence-electron chi connectivity index (χ2n) is 7.14. The molecule has 1 saturated heterocycles. The molecule has 2 aromatic heterocycles. The first kappa shape index (κ1) is 21.2. The lowest BCUT2D eigenvalue weighted by Gasteiger charge is -2.33. The van der Waals surface area contributed by atoms with Gasteiger partial charge in [-0.3, -0.25) is 9.59 Å². The molecule has 0 spiro atoms. The van der Waals surface area contributed by atoms with Crippen LogP contribution in [0.2, 0.25) is 0 Å². The van der Waals surface area contributed by atoms with E-state index in [-0.39, 0.29) is 17.6 Å². The largest absolute Gasteiger partial charge is 0.383 e. The Bertz CT molecular complexity index is 1100. The van der Waals surface area contributed by atoms with Crippen LogP contribution in [-0.4, -0.2) is 61.7 Å². The Labute approximate surface area is 184 Å². The molecule has 3 heterocycles. The van der Waals surface area contributed by atoms with Crippen LogP contribution in [0.5, 0.6) is 0 Å². The van der Waals surface area contributed by atoms with E-state index in [2.05, 4.69) is 10.3 Å². The lowest BCUT2D eigenvalue weighted by molar-refractivity contribution is -0.0222. The number of carbonyl (C=O) groups is 2. The van der Waals surface area contributed by atoms with Gasteiger partial charge in [-0.2, -0.15) is 0 Å². The molecule has 1 aliphatic heterocycles. The summed E-state index contributed by atoms with van der Waals surface area (Å²) in [6.45, 7) is 1.99. The SMILES string of the molecule is COCCNC(=O)c1sc2ccccc2c1[C@@H]1CN(C(=O)c2cccnc2N)CCO1. The number of fused-ring (bicyclic) bond motifs is 1. The number of nitrogens with two attached hydrogens (primary N) is 1. The summed E-state index contributed by atoms with van der Waals surface area (Å²) in [5.74, 6) is -0.156. The summed E-state index contributed by atoms with van der Waals surface area (Å²) in [5.41, 5.74) is 7.09. The van der Waals surface area contributed by atoms with E-state index < -0.39 is 6.10 Å². The van der Waals surface area contributed by atoms with Crippen molar-refractivity contribution >= 4 is 39.1 Å². The first-order valence-electron chi connectivity index (χ1n) is 10.00. The molecule has 8 nitrogen and oxygen atoms in total. The van der Waals surface area contributed by atoms with Gasteiger partial charge in [0.1, 0.15) is 11.9 Å². The summed E-state index contributed by atoms with van der Waals surface area (Å²) in [6, 6.07) is 11.2. The van der Waals surface area contributed by atoms with Gasteiger partial charge in [-0.05, 0) is 23.6 Å². The van der Waals surface area contributed by atoms with Crippen molar-refractivity contribution in [2.24, 2.45) is 0 Å². The molecule has 4 rings (SSSR count). The van der Waals surface area contributed by atoms with Gasteiger partial charge in [-0.15, -0.1) is 11.3 Å². The predicted octanol–water partition coefficient (Wildman–Crippen LogP) is 2.47. The smallest absolute Gasteiger partial charge is 0.261 e. The standard InChI is InChI=1S/C22H24N4O4S/c1-29-11-9-25-21(27)19-18(14-5-2-3-7-17(14)31-19)16-13-26(10-12-30-16)22(28)15-6-4-8-24-20(15)23/h2-8,16H,9-13H2,1H3,(H2,23,24)(H,25,27)/t16-/m0/s1. The van der Waals surface area contributed by atoms with Gasteiger partial charge >= 0.3 is 0 Å². The van der Waals surface area contributed by atoms with Crippen molar-refractivity contribution in [1.29, 1.82) is 0 Å². The van der Waals surface area contributed by atoms with Gasteiger partial charge in [0.2, 0.25) is 0 Å². The summed E-state index contributed by atoms with van der Waals surface area (Å²) < 4.78 is 12.1. The molecule has 0 saturated carbocycles. The molecule has 1 fully saturated rings. The van der Waals surface area contributed by atoms with Crippen LogP contribution >= 0.6 is 11.3 Å². The maximum absolute atomic E-state index is 13.1. The average Bonchev–Trinajstić information content (AvgIpc) is 3.19. The minimum atomic E-state index is -0.421. The molecule has 0 radical (unpaired) electrons. The van der Waals surface area contributed by atoms with E-state index in [0.717, 1.165) is 15.6 Å². The molecule has 9 heteroatoms. The number of nitrogens with one attached hydrogen (secondary N) is 1. The van der Waals surface area contributed by atoms with Gasteiger partial charge in [-0.25, -0.2) is 4.98 Å². The minimum absolute atomic E-state index is 0.170. The summed E-state index contributed by atoms with van der Waals surface area (Å²) in [5, 5.41) is 3.86. The Balaban J connectivity index is 1.64. The van der Waals surface area contributed by atoms with Crippen LogP contribution in [0.3, 0.4) is 0 Å². The third-order valence-corrected chi connectivity index (χ3v) is 6.36. The fourth-order valence-electron chi connectivity index (χ4n) is 3.68. The number of hydrogen-bond donors (Lipinski definition) is 2. The van der Waals surface area contributed by atoms with Gasteiger partial charge in [0.25, 0.3) is 11.8 Å². The molecule has 31 heavy (non-hydrogen) atoms. The molecule has 0 bridgehead atoms. The maximum Gasteiger partial charge on any atom is 0.261 e. The number of methoxy groups -OCH3 is 1. The van der Waals surface area contributed by atoms with E-state index in [0.29, 0.717) is 43.3 Å². The van der Waals surface area contributed by atoms with E-state index in [9.17, 15) is 9.59 Å². The number of aromatic nitrogens is 1. The van der Waals surface area contributed by atoms with Crippen LogP contribution < -0.4 is 11.1 Å². The second kappa shape index (κ2) is 9.42. The average molecular weight is 441 g/mol. The number of amides is 2. The van der Waals surface area contributed by atoms with Gasteiger partial charge < -0.3 is 25.4 Å². The van der Waals surface area contributed by atoms with E-state index in [4.69, 9.17) is 15.2 Å². The Morgan fingerprint density at radius 3 is 2.97 bits per heavy atom. The van der Waals surface area contributed by atoms with Crippen LogP contribution in [-0.2, 0) is 9.47 Å². The Hall–Kier alpha value is -3.01. The first-order chi connectivity index (χ1) is 15.1. The normalized spacial score (nSPS) is 16.4. The predicted molar refractivity (Wildman–Crippen MR) is 119 cm³/mol. The quantitative estimate of drug-likeness (QED) is 0.571. The molecule has 2 amide bonds. The molecule has 1 atom stereocenters. The third kappa shape index (κ3) is 4.39. The van der Waals surface area contributed by atoms with E-state index in [1.807, 2.05) is 24.3 Å². The number of pyridine rings is 1. The van der Waals surface area contributed by atoms with Crippen LogP contribution in [0.25, 0.3) is 10.1 Å². The highest BCUT2D eigenvalue weighted by Gasteiger charge is 2.32. The Morgan fingerprint density at radius 2 is 2.16 bits per heavy atom. The molecular weight excluding hydrogens is 416 g/mol. The first-order valence-corrected chi connectivity index (χ1v) is 10.8. The van der Waals surface area contributed by atoms with Gasteiger partial charge in [0.15, 0.2) is 0 Å². The number of morpholine rings is 1. The number of nitrogens with zero attached hydrogens (tertiary/aromatic N) is 2. The topological polar surface area (TPSA) is 107 Å². The highest BCUT2D eigenvalue weighted by Crippen LogP contribution is 2.38. The van der Waals surface area contributed by atoms with Crippen molar-refractivity contribution < 1.29 is 19.1 Å². The Kier molecular flexibility index (Phi) is 6.45. The summed E-state index contributed by atoms with van der Waals surface area (Å²) in [4.78, 5) is 32.3. The van der Waals surface area contributed by atoms with Crippen molar-refractivity contribution in [2.45, 2.75) is 6.10 Å². The van der Waals surface area contributed by atoms with Gasteiger partial charge in [-0.1, -0.05) is 18.2 Å². The van der Waals surface area contributed by atoms with Gasteiger partial charge in [0.05, 0.1) is 30.2 Å². The van der Waals surface area contributed by atoms with Crippen molar-refractivity contribution in [3.8, 4) is 0 Å². The highest BCUT2D eigenvalue weighted by atomic mass is 32.1. The summed E-state index contributed by atoms with van der Waals surface area (Å²) >= 11 is 1.43. The van der Waals surface area contributed by atoms with E-state index in [1.54, 1.807) is 30.3 Å². The highest BCUT2D eigenvalue weighted by molar-refractivity contribution is 7.21. The fourth-order valence-corrected chi connectivity index (χ4v) is 4.85. The molecule has 3 aromatic rings. The molecule has 0 unspecified atom stereocenters. The fraction of sp³-hybridized carbons (Fsp3) is 0.318. The molecule has 162 valence electrons.